The van der Waals surface area contributed by atoms with Crippen molar-refractivity contribution in [2.45, 2.75) is 6.61 Å². The summed E-state index contributed by atoms with van der Waals surface area (Å²) < 4.78 is 20.7. The average Bonchev–Trinajstić information content (AvgIpc) is 3.41. The topological polar surface area (TPSA) is 91.5 Å². The first-order chi connectivity index (χ1) is 12.3. The van der Waals surface area contributed by atoms with Gasteiger partial charge in [0.15, 0.2) is 17.2 Å². The number of carbonyl (C=O) groups excluding carboxylic acids is 1. The number of esters is 1. The van der Waals surface area contributed by atoms with Crippen LogP contribution in [0.3, 0.4) is 0 Å². The van der Waals surface area contributed by atoms with Crippen molar-refractivity contribution < 1.29 is 23.0 Å². The molecule has 4 aromatic rings. The van der Waals surface area contributed by atoms with Gasteiger partial charge in [0, 0.05) is 17.7 Å². The number of rotatable bonds is 5. The predicted molar refractivity (Wildman–Crippen MR) is 85.3 cm³/mol. The normalized spacial score (nSPS) is 10.7. The summed E-state index contributed by atoms with van der Waals surface area (Å²) in [5.41, 5.74) is 1.38. The molecule has 0 saturated carbocycles. The third-order valence-electron chi connectivity index (χ3n) is 3.45. The zero-order chi connectivity index (χ0) is 17.1. The van der Waals surface area contributed by atoms with Gasteiger partial charge < -0.3 is 18.2 Å². The second-order valence-electron chi connectivity index (χ2n) is 5.18. The van der Waals surface area contributed by atoms with Crippen LogP contribution in [0.5, 0.6) is 0 Å². The molecule has 0 amide bonds. The molecule has 0 N–H and O–H groups in total. The van der Waals surface area contributed by atoms with Gasteiger partial charge >= 0.3 is 5.97 Å². The Morgan fingerprint density at radius 3 is 2.56 bits per heavy atom. The summed E-state index contributed by atoms with van der Waals surface area (Å²) in [7, 11) is 0. The van der Waals surface area contributed by atoms with Crippen LogP contribution in [-0.2, 0) is 11.3 Å². The maximum absolute atomic E-state index is 12.1. The van der Waals surface area contributed by atoms with E-state index < -0.39 is 5.97 Å². The third kappa shape index (κ3) is 3.20. The van der Waals surface area contributed by atoms with Gasteiger partial charge in [-0.15, -0.1) is 0 Å². The first-order valence-corrected chi connectivity index (χ1v) is 7.48. The molecule has 3 aromatic heterocycles. The molecule has 0 fully saturated rings. The maximum atomic E-state index is 12.1. The molecule has 0 spiro atoms. The summed E-state index contributed by atoms with van der Waals surface area (Å²) in [6.45, 7) is -0.0451. The van der Waals surface area contributed by atoms with Crippen LogP contribution in [-0.4, -0.2) is 16.3 Å². The van der Waals surface area contributed by atoms with E-state index in [0.717, 1.165) is 5.56 Å². The van der Waals surface area contributed by atoms with Crippen molar-refractivity contribution in [2.24, 2.45) is 0 Å². The third-order valence-corrected chi connectivity index (χ3v) is 3.45. The van der Waals surface area contributed by atoms with E-state index in [1.165, 1.54) is 12.3 Å². The highest BCUT2D eigenvalue weighted by molar-refractivity contribution is 5.88. The summed E-state index contributed by atoms with van der Waals surface area (Å²) in [5.74, 6) is 0.903. The molecule has 25 heavy (non-hydrogen) atoms. The quantitative estimate of drug-likeness (QED) is 0.510. The van der Waals surface area contributed by atoms with Crippen molar-refractivity contribution in [3.8, 4) is 22.8 Å². The number of benzene rings is 1. The van der Waals surface area contributed by atoms with Crippen molar-refractivity contribution in [3.63, 3.8) is 0 Å². The molecule has 0 aliphatic rings. The fourth-order valence-corrected chi connectivity index (χ4v) is 2.24. The second kappa shape index (κ2) is 6.48. The molecule has 7 nitrogen and oxygen atoms in total. The molecule has 1 aromatic carbocycles. The Bertz CT molecular complexity index is 970. The number of hydrogen-bond acceptors (Lipinski definition) is 7. The molecule has 0 atom stereocenters. The van der Waals surface area contributed by atoms with E-state index in [9.17, 15) is 4.79 Å². The molecule has 0 unspecified atom stereocenters. The minimum atomic E-state index is -0.603. The average molecular weight is 336 g/mol. The summed E-state index contributed by atoms with van der Waals surface area (Å²) in [4.78, 5) is 12.1. The van der Waals surface area contributed by atoms with Gasteiger partial charge in [0.2, 0.25) is 5.76 Å². The predicted octanol–water partition coefficient (Wildman–Crippen LogP) is 3.95. The van der Waals surface area contributed by atoms with Gasteiger partial charge in [-0.1, -0.05) is 40.6 Å². The summed E-state index contributed by atoms with van der Waals surface area (Å²) in [5, 5.41) is 7.58. The van der Waals surface area contributed by atoms with Crippen LogP contribution in [0.25, 0.3) is 22.8 Å². The lowest BCUT2D eigenvalue weighted by molar-refractivity contribution is 0.0452. The minimum Gasteiger partial charge on any atom is -0.461 e. The van der Waals surface area contributed by atoms with E-state index in [0.29, 0.717) is 23.0 Å². The van der Waals surface area contributed by atoms with E-state index in [-0.39, 0.29) is 12.3 Å². The van der Waals surface area contributed by atoms with Gasteiger partial charge in [0.05, 0.1) is 6.26 Å². The van der Waals surface area contributed by atoms with Gasteiger partial charge in [0.25, 0.3) is 0 Å². The van der Waals surface area contributed by atoms with E-state index >= 15 is 0 Å². The van der Waals surface area contributed by atoms with Crippen LogP contribution in [0.15, 0.2) is 74.3 Å². The standard InChI is InChI=1S/C18H12N2O5/c21-18(14-10-16(24-20-14)12-5-2-1-3-6-12)23-11-13-9-17(25-19-13)15-7-4-8-22-15/h1-10H,11H2. The Hall–Kier alpha value is -3.61. The van der Waals surface area contributed by atoms with Crippen LogP contribution >= 0.6 is 0 Å². The van der Waals surface area contributed by atoms with Crippen LogP contribution in [0, 0.1) is 0 Å². The molecular weight excluding hydrogens is 324 g/mol. The van der Waals surface area contributed by atoms with Gasteiger partial charge in [-0.05, 0) is 12.1 Å². The summed E-state index contributed by atoms with van der Waals surface area (Å²) >= 11 is 0. The molecule has 0 aliphatic carbocycles. The Morgan fingerprint density at radius 1 is 0.920 bits per heavy atom. The van der Waals surface area contributed by atoms with Gasteiger partial charge in [-0.3, -0.25) is 0 Å². The zero-order valence-electron chi connectivity index (χ0n) is 12.9. The highest BCUT2D eigenvalue weighted by Gasteiger charge is 2.16. The molecule has 3 heterocycles. The highest BCUT2D eigenvalue weighted by Crippen LogP contribution is 2.22. The molecule has 4 rings (SSSR count). The van der Waals surface area contributed by atoms with Crippen LogP contribution in [0.2, 0.25) is 0 Å². The Morgan fingerprint density at radius 2 is 1.76 bits per heavy atom. The van der Waals surface area contributed by atoms with E-state index in [4.69, 9.17) is 18.2 Å². The fraction of sp³-hybridized carbons (Fsp3) is 0.0556. The number of carbonyl (C=O) groups is 1. The number of aromatic nitrogens is 2. The van der Waals surface area contributed by atoms with Crippen molar-refractivity contribution in [1.29, 1.82) is 0 Å². The molecule has 0 saturated heterocycles. The van der Waals surface area contributed by atoms with Gasteiger partial charge in [-0.2, -0.15) is 0 Å². The molecular formula is C18H12N2O5. The van der Waals surface area contributed by atoms with Crippen molar-refractivity contribution >= 4 is 5.97 Å². The van der Waals surface area contributed by atoms with E-state index in [2.05, 4.69) is 10.3 Å². The lowest BCUT2D eigenvalue weighted by atomic mass is 10.2. The Balaban J connectivity index is 1.40. The molecule has 0 aliphatic heterocycles. The molecule has 0 bridgehead atoms. The van der Waals surface area contributed by atoms with E-state index in [1.54, 1.807) is 18.2 Å². The first-order valence-electron chi connectivity index (χ1n) is 7.48. The van der Waals surface area contributed by atoms with Crippen LogP contribution in [0.4, 0.5) is 0 Å². The number of ether oxygens (including phenoxy) is 1. The Labute approximate surface area is 141 Å². The number of furan rings is 1. The fourth-order valence-electron chi connectivity index (χ4n) is 2.24. The van der Waals surface area contributed by atoms with Gasteiger partial charge in [0.1, 0.15) is 12.3 Å². The smallest absolute Gasteiger partial charge is 0.360 e. The second-order valence-corrected chi connectivity index (χ2v) is 5.18. The number of nitrogens with zero attached hydrogens (tertiary/aromatic N) is 2. The molecule has 7 heteroatoms. The highest BCUT2D eigenvalue weighted by atomic mass is 16.5. The van der Waals surface area contributed by atoms with Crippen molar-refractivity contribution in [1.82, 2.24) is 10.3 Å². The summed E-state index contributed by atoms with van der Waals surface area (Å²) in [6.07, 6.45) is 1.53. The lowest BCUT2D eigenvalue weighted by Gasteiger charge is -1.97. The zero-order valence-corrected chi connectivity index (χ0v) is 12.9. The van der Waals surface area contributed by atoms with E-state index in [1.807, 2.05) is 30.3 Å². The van der Waals surface area contributed by atoms with Crippen LogP contribution in [0.1, 0.15) is 16.2 Å². The molecule has 124 valence electrons. The Kier molecular flexibility index (Phi) is 3.88. The van der Waals surface area contributed by atoms with Crippen LogP contribution < -0.4 is 0 Å². The molecule has 0 radical (unpaired) electrons. The number of hydrogen-bond donors (Lipinski definition) is 0. The summed E-state index contributed by atoms with van der Waals surface area (Å²) in [6, 6.07) is 16.0. The SMILES string of the molecule is O=C(OCc1cc(-c2ccco2)on1)c1cc(-c2ccccc2)on1. The van der Waals surface area contributed by atoms with Crippen molar-refractivity contribution in [3.05, 3.63) is 72.2 Å². The maximum Gasteiger partial charge on any atom is 0.360 e. The monoisotopic (exact) mass is 336 g/mol. The van der Waals surface area contributed by atoms with Crippen molar-refractivity contribution in [2.75, 3.05) is 0 Å². The minimum absolute atomic E-state index is 0.0451. The first kappa shape index (κ1) is 14.9. The van der Waals surface area contributed by atoms with Gasteiger partial charge in [-0.25, -0.2) is 4.79 Å². The lowest BCUT2D eigenvalue weighted by Crippen LogP contribution is -2.05. The largest absolute Gasteiger partial charge is 0.461 e.